The molecule has 0 aliphatic heterocycles. The van der Waals surface area contributed by atoms with Gasteiger partial charge in [-0.25, -0.2) is 0 Å². The quantitative estimate of drug-likeness (QED) is 0.416. The van der Waals surface area contributed by atoms with Crippen molar-refractivity contribution in [3.63, 3.8) is 0 Å². The van der Waals surface area contributed by atoms with Crippen LogP contribution in [0.3, 0.4) is 0 Å². The lowest BCUT2D eigenvalue weighted by atomic mass is 9.78. The molecule has 1 aliphatic carbocycles. The fourth-order valence-corrected chi connectivity index (χ4v) is 2.51. The predicted octanol–water partition coefficient (Wildman–Crippen LogP) is 3.00. The van der Waals surface area contributed by atoms with Gasteiger partial charge >= 0.3 is 0 Å². The van der Waals surface area contributed by atoms with Crippen LogP contribution in [0.4, 0.5) is 0 Å². The lowest BCUT2D eigenvalue weighted by molar-refractivity contribution is 0.229. The van der Waals surface area contributed by atoms with Crippen molar-refractivity contribution in [1.82, 2.24) is 5.43 Å². The van der Waals surface area contributed by atoms with Crippen LogP contribution in [-0.2, 0) is 0 Å². The van der Waals surface area contributed by atoms with Gasteiger partial charge in [0.2, 0.25) is 0 Å². The lowest BCUT2D eigenvalue weighted by Gasteiger charge is -2.32. The largest absolute Gasteiger partial charge is 0.271 e. The maximum absolute atomic E-state index is 5.65. The Hall–Kier alpha value is -0.340. The predicted molar refractivity (Wildman–Crippen MR) is 66.3 cm³/mol. The van der Waals surface area contributed by atoms with Crippen molar-refractivity contribution >= 4 is 0 Å². The lowest BCUT2D eigenvalue weighted by Crippen LogP contribution is -2.42. The summed E-state index contributed by atoms with van der Waals surface area (Å²) in [6.45, 7) is 8.59. The molecule has 1 unspecified atom stereocenters. The highest BCUT2D eigenvalue weighted by atomic mass is 15.2. The first-order valence-corrected chi connectivity index (χ1v) is 6.30. The number of nitrogens with two attached hydrogens (primary N) is 1. The van der Waals surface area contributed by atoms with Crippen LogP contribution in [0.15, 0.2) is 12.2 Å². The number of hydrogen-bond donors (Lipinski definition) is 2. The molecule has 1 fully saturated rings. The zero-order valence-corrected chi connectivity index (χ0v) is 10.3. The molecule has 3 N–H and O–H groups in total. The van der Waals surface area contributed by atoms with Gasteiger partial charge in [-0.15, -0.1) is 0 Å². The van der Waals surface area contributed by atoms with Crippen molar-refractivity contribution in [2.75, 3.05) is 0 Å². The van der Waals surface area contributed by atoms with Crippen LogP contribution in [-0.4, -0.2) is 6.04 Å². The van der Waals surface area contributed by atoms with E-state index in [9.17, 15) is 0 Å². The van der Waals surface area contributed by atoms with E-state index in [-0.39, 0.29) is 0 Å². The number of rotatable bonds is 5. The zero-order chi connectivity index (χ0) is 11.3. The molecule has 0 amide bonds. The maximum Gasteiger partial charge on any atom is 0.0275 e. The molecule has 0 spiro atoms. The third-order valence-electron chi connectivity index (χ3n) is 3.85. The number of hydrogen-bond acceptors (Lipinski definition) is 2. The van der Waals surface area contributed by atoms with Crippen LogP contribution in [0.2, 0.25) is 0 Å². The van der Waals surface area contributed by atoms with Gasteiger partial charge in [0.1, 0.15) is 0 Å². The minimum atomic E-state index is 0.449. The smallest absolute Gasteiger partial charge is 0.0275 e. The number of nitrogens with one attached hydrogen (secondary N) is 1. The van der Waals surface area contributed by atoms with E-state index in [1.165, 1.54) is 31.3 Å². The third-order valence-corrected chi connectivity index (χ3v) is 3.85. The Morgan fingerprint density at radius 2 is 2.00 bits per heavy atom. The van der Waals surface area contributed by atoms with Crippen LogP contribution < -0.4 is 11.3 Å². The first-order chi connectivity index (χ1) is 7.17. The van der Waals surface area contributed by atoms with E-state index in [1.54, 1.807) is 0 Å². The minimum absolute atomic E-state index is 0.449. The van der Waals surface area contributed by atoms with Gasteiger partial charge in [-0.1, -0.05) is 38.8 Å². The second-order valence-corrected chi connectivity index (χ2v) is 5.10. The highest BCUT2D eigenvalue weighted by Crippen LogP contribution is 2.32. The molecular formula is C13H26N2. The second-order valence-electron chi connectivity index (χ2n) is 5.10. The molecule has 1 saturated carbocycles. The molecule has 0 saturated heterocycles. The van der Waals surface area contributed by atoms with Gasteiger partial charge in [0.05, 0.1) is 0 Å². The summed E-state index contributed by atoms with van der Waals surface area (Å²) in [5.74, 6) is 7.32. The van der Waals surface area contributed by atoms with Crippen molar-refractivity contribution in [1.29, 1.82) is 0 Å². The molecular weight excluding hydrogens is 184 g/mol. The van der Waals surface area contributed by atoms with Gasteiger partial charge in [-0.2, -0.15) is 0 Å². The molecule has 2 heteroatoms. The van der Waals surface area contributed by atoms with Crippen molar-refractivity contribution in [3.8, 4) is 0 Å². The molecule has 1 rings (SSSR count). The molecule has 0 aromatic rings. The van der Waals surface area contributed by atoms with Crippen LogP contribution in [0.1, 0.15) is 52.4 Å². The topological polar surface area (TPSA) is 38.0 Å². The van der Waals surface area contributed by atoms with E-state index in [1.807, 2.05) is 0 Å². The molecule has 0 radical (unpaired) electrons. The van der Waals surface area contributed by atoms with E-state index in [2.05, 4.69) is 25.9 Å². The highest BCUT2D eigenvalue weighted by molar-refractivity contribution is 4.98. The summed E-state index contributed by atoms with van der Waals surface area (Å²) in [5.41, 5.74) is 4.31. The molecule has 0 heterocycles. The van der Waals surface area contributed by atoms with Crippen LogP contribution in [0, 0.1) is 11.8 Å². The summed E-state index contributed by atoms with van der Waals surface area (Å²) in [5, 5.41) is 0. The molecule has 0 bridgehead atoms. The van der Waals surface area contributed by atoms with Gasteiger partial charge < -0.3 is 0 Å². The monoisotopic (exact) mass is 210 g/mol. The Labute approximate surface area is 94.3 Å². The number of hydrazine groups is 1. The fraction of sp³-hybridized carbons (Fsp3) is 0.846. The molecule has 2 nitrogen and oxygen atoms in total. The van der Waals surface area contributed by atoms with E-state index in [0.29, 0.717) is 6.04 Å². The average Bonchev–Trinajstić information content (AvgIpc) is 2.27. The molecule has 88 valence electrons. The van der Waals surface area contributed by atoms with E-state index < -0.39 is 0 Å². The Kier molecular flexibility index (Phi) is 5.34. The second kappa shape index (κ2) is 6.29. The third kappa shape index (κ3) is 3.96. The van der Waals surface area contributed by atoms with Crippen LogP contribution in [0.25, 0.3) is 0 Å². The van der Waals surface area contributed by atoms with Gasteiger partial charge in [-0.05, 0) is 37.5 Å². The van der Waals surface area contributed by atoms with Crippen LogP contribution in [0.5, 0.6) is 0 Å². The Balaban J connectivity index is 2.40. The van der Waals surface area contributed by atoms with Gasteiger partial charge in [0.15, 0.2) is 0 Å². The summed E-state index contributed by atoms with van der Waals surface area (Å²) in [6, 6.07) is 0.449. The molecule has 0 aromatic heterocycles. The van der Waals surface area contributed by atoms with Crippen molar-refractivity contribution < 1.29 is 0 Å². The van der Waals surface area contributed by atoms with Crippen LogP contribution >= 0.6 is 0 Å². The van der Waals surface area contributed by atoms with Gasteiger partial charge in [-0.3, -0.25) is 11.3 Å². The van der Waals surface area contributed by atoms with E-state index in [0.717, 1.165) is 24.7 Å². The van der Waals surface area contributed by atoms with Gasteiger partial charge in [0.25, 0.3) is 0 Å². The standard InChI is InChI=1S/C13H26N2/c1-4-10(2)9-13(15-14)12-7-5-11(3)6-8-12/h11-13,15H,2,4-9,14H2,1,3H3. The van der Waals surface area contributed by atoms with E-state index >= 15 is 0 Å². The Morgan fingerprint density at radius 1 is 1.40 bits per heavy atom. The molecule has 1 aliphatic rings. The summed E-state index contributed by atoms with van der Waals surface area (Å²) in [6.07, 6.45) is 7.50. The highest BCUT2D eigenvalue weighted by Gasteiger charge is 2.25. The van der Waals surface area contributed by atoms with Crippen molar-refractivity contribution in [2.24, 2.45) is 17.7 Å². The molecule has 0 aromatic carbocycles. The Bertz CT molecular complexity index is 193. The molecule has 1 atom stereocenters. The Morgan fingerprint density at radius 3 is 2.47 bits per heavy atom. The van der Waals surface area contributed by atoms with Crippen molar-refractivity contribution in [2.45, 2.75) is 58.4 Å². The SMILES string of the molecule is C=C(CC)CC(NN)C1CCC(C)CC1. The zero-order valence-electron chi connectivity index (χ0n) is 10.3. The maximum atomic E-state index is 5.65. The summed E-state index contributed by atoms with van der Waals surface area (Å²) in [7, 11) is 0. The summed E-state index contributed by atoms with van der Waals surface area (Å²) >= 11 is 0. The fourth-order valence-electron chi connectivity index (χ4n) is 2.51. The van der Waals surface area contributed by atoms with Gasteiger partial charge in [0, 0.05) is 6.04 Å². The normalized spacial score (nSPS) is 28.7. The first-order valence-electron chi connectivity index (χ1n) is 6.30. The first kappa shape index (κ1) is 12.7. The summed E-state index contributed by atoms with van der Waals surface area (Å²) < 4.78 is 0. The minimum Gasteiger partial charge on any atom is -0.271 e. The average molecular weight is 210 g/mol. The van der Waals surface area contributed by atoms with E-state index in [4.69, 9.17) is 5.84 Å². The van der Waals surface area contributed by atoms with Crippen molar-refractivity contribution in [3.05, 3.63) is 12.2 Å². The summed E-state index contributed by atoms with van der Waals surface area (Å²) in [4.78, 5) is 0. The molecule has 15 heavy (non-hydrogen) atoms.